The summed E-state index contributed by atoms with van der Waals surface area (Å²) in [5, 5.41) is 17.0. The molecule has 0 spiro atoms. The Hall–Kier alpha value is -2.90. The standard InChI is InChI=1S/C16H21N3O5/c1-3-5-8-17-14(20)15(21)19-18-10-12-9-11(16(22)23)6-7-13(12)24-4-2/h6-7,9-10H,3-5,8H2,1-2H3,(H,17,20)(H,19,21)(H,22,23)/p-1/b18-10-. The van der Waals surface area contributed by atoms with E-state index in [1.807, 2.05) is 6.92 Å². The summed E-state index contributed by atoms with van der Waals surface area (Å²) >= 11 is 0. The summed E-state index contributed by atoms with van der Waals surface area (Å²) in [7, 11) is 0. The molecule has 0 aromatic heterocycles. The lowest BCUT2D eigenvalue weighted by Gasteiger charge is -2.09. The molecule has 0 heterocycles. The van der Waals surface area contributed by atoms with E-state index in [1.165, 1.54) is 24.4 Å². The SMILES string of the molecule is CCCCNC(=O)C(=O)N/N=C\c1cc(C(=O)[O-])ccc1OCC. The van der Waals surface area contributed by atoms with Crippen molar-refractivity contribution in [1.82, 2.24) is 10.7 Å². The summed E-state index contributed by atoms with van der Waals surface area (Å²) in [6.07, 6.45) is 2.87. The Morgan fingerprint density at radius 1 is 1.25 bits per heavy atom. The van der Waals surface area contributed by atoms with Crippen LogP contribution in [0.15, 0.2) is 23.3 Å². The van der Waals surface area contributed by atoms with Gasteiger partial charge in [-0.1, -0.05) is 13.3 Å². The van der Waals surface area contributed by atoms with Crippen molar-refractivity contribution in [2.75, 3.05) is 13.2 Å². The maximum absolute atomic E-state index is 11.5. The number of hydrogen-bond donors (Lipinski definition) is 2. The van der Waals surface area contributed by atoms with Crippen LogP contribution in [0, 0.1) is 0 Å². The van der Waals surface area contributed by atoms with Gasteiger partial charge in [-0.3, -0.25) is 9.59 Å². The van der Waals surface area contributed by atoms with Crippen molar-refractivity contribution < 1.29 is 24.2 Å². The number of carbonyl (C=O) groups excluding carboxylic acids is 3. The third kappa shape index (κ3) is 6.07. The van der Waals surface area contributed by atoms with Crippen LogP contribution >= 0.6 is 0 Å². The Bertz CT molecular complexity index is 628. The molecule has 0 aliphatic heterocycles. The zero-order valence-electron chi connectivity index (χ0n) is 13.6. The van der Waals surface area contributed by atoms with E-state index < -0.39 is 17.8 Å². The van der Waals surface area contributed by atoms with Crippen LogP contribution in [0.5, 0.6) is 5.75 Å². The zero-order valence-corrected chi connectivity index (χ0v) is 13.6. The molecule has 24 heavy (non-hydrogen) atoms. The molecular weight excluding hydrogens is 314 g/mol. The lowest BCUT2D eigenvalue weighted by atomic mass is 10.1. The fourth-order valence-corrected chi connectivity index (χ4v) is 1.73. The lowest BCUT2D eigenvalue weighted by molar-refractivity contribution is -0.255. The molecule has 8 heteroatoms. The molecule has 0 unspecified atom stereocenters. The number of hydrogen-bond acceptors (Lipinski definition) is 6. The molecular formula is C16H20N3O5-. The van der Waals surface area contributed by atoms with Gasteiger partial charge in [0, 0.05) is 12.1 Å². The van der Waals surface area contributed by atoms with Gasteiger partial charge in [-0.2, -0.15) is 5.10 Å². The molecule has 0 aliphatic rings. The van der Waals surface area contributed by atoms with Gasteiger partial charge >= 0.3 is 11.8 Å². The molecule has 1 rings (SSSR count). The maximum Gasteiger partial charge on any atom is 0.329 e. The van der Waals surface area contributed by atoms with Crippen molar-refractivity contribution in [2.45, 2.75) is 26.7 Å². The van der Waals surface area contributed by atoms with E-state index in [2.05, 4.69) is 15.8 Å². The summed E-state index contributed by atoms with van der Waals surface area (Å²) < 4.78 is 5.35. The number of carboxylic acid groups (broad SMARTS) is 1. The number of nitrogens with one attached hydrogen (secondary N) is 2. The van der Waals surface area contributed by atoms with Crippen LogP contribution in [0.3, 0.4) is 0 Å². The Balaban J connectivity index is 2.74. The van der Waals surface area contributed by atoms with Crippen molar-refractivity contribution in [3.05, 3.63) is 29.3 Å². The number of ether oxygens (including phenoxy) is 1. The van der Waals surface area contributed by atoms with Crippen molar-refractivity contribution in [3.63, 3.8) is 0 Å². The first-order chi connectivity index (χ1) is 11.5. The van der Waals surface area contributed by atoms with E-state index in [0.29, 0.717) is 24.5 Å². The molecule has 1 aromatic rings. The second-order valence-electron chi connectivity index (χ2n) is 4.78. The topological polar surface area (TPSA) is 120 Å². The highest BCUT2D eigenvalue weighted by molar-refractivity contribution is 6.35. The Morgan fingerprint density at radius 2 is 2.00 bits per heavy atom. The van der Waals surface area contributed by atoms with Gasteiger partial charge in [0.2, 0.25) is 0 Å². The van der Waals surface area contributed by atoms with Gasteiger partial charge < -0.3 is 20.0 Å². The molecule has 1 aromatic carbocycles. The number of carboxylic acids is 1. The molecule has 0 radical (unpaired) electrons. The van der Waals surface area contributed by atoms with Crippen LogP contribution in [0.25, 0.3) is 0 Å². The average molecular weight is 334 g/mol. The highest BCUT2D eigenvalue weighted by atomic mass is 16.5. The van der Waals surface area contributed by atoms with Gasteiger partial charge in [0.15, 0.2) is 0 Å². The van der Waals surface area contributed by atoms with Crippen LogP contribution in [0.2, 0.25) is 0 Å². The molecule has 130 valence electrons. The minimum Gasteiger partial charge on any atom is -0.545 e. The number of carbonyl (C=O) groups is 3. The smallest absolute Gasteiger partial charge is 0.329 e. The second kappa shape index (κ2) is 9.98. The van der Waals surface area contributed by atoms with Gasteiger partial charge in [0.25, 0.3) is 0 Å². The number of hydrazone groups is 1. The predicted molar refractivity (Wildman–Crippen MR) is 85.6 cm³/mol. The number of nitrogens with zero attached hydrogens (tertiary/aromatic N) is 1. The summed E-state index contributed by atoms with van der Waals surface area (Å²) in [6.45, 7) is 4.52. The van der Waals surface area contributed by atoms with Crippen LogP contribution in [-0.4, -0.2) is 37.1 Å². The van der Waals surface area contributed by atoms with Gasteiger partial charge in [-0.25, -0.2) is 5.43 Å². The normalized spacial score (nSPS) is 10.4. The molecule has 0 aliphatic carbocycles. The van der Waals surface area contributed by atoms with Gasteiger partial charge in [0.1, 0.15) is 5.75 Å². The second-order valence-corrected chi connectivity index (χ2v) is 4.78. The first-order valence-corrected chi connectivity index (χ1v) is 7.59. The van der Waals surface area contributed by atoms with E-state index in [9.17, 15) is 19.5 Å². The summed E-state index contributed by atoms with van der Waals surface area (Å²) in [5.41, 5.74) is 2.36. The number of rotatable bonds is 8. The molecule has 0 fully saturated rings. The molecule has 0 saturated carbocycles. The minimum absolute atomic E-state index is 0.0523. The van der Waals surface area contributed by atoms with Gasteiger partial charge in [0.05, 0.1) is 18.8 Å². The molecule has 0 bridgehead atoms. The van der Waals surface area contributed by atoms with E-state index in [1.54, 1.807) is 6.92 Å². The van der Waals surface area contributed by atoms with Crippen LogP contribution < -0.4 is 20.6 Å². The Morgan fingerprint density at radius 3 is 2.62 bits per heavy atom. The fraction of sp³-hybridized carbons (Fsp3) is 0.375. The molecule has 8 nitrogen and oxygen atoms in total. The molecule has 0 saturated heterocycles. The van der Waals surface area contributed by atoms with E-state index in [4.69, 9.17) is 4.74 Å². The van der Waals surface area contributed by atoms with Crippen LogP contribution in [0.4, 0.5) is 0 Å². The van der Waals surface area contributed by atoms with E-state index in [-0.39, 0.29) is 5.56 Å². The summed E-state index contributed by atoms with van der Waals surface area (Å²) in [5.74, 6) is -2.63. The summed E-state index contributed by atoms with van der Waals surface area (Å²) in [6, 6.07) is 4.12. The van der Waals surface area contributed by atoms with Gasteiger partial charge in [-0.15, -0.1) is 0 Å². The number of benzene rings is 1. The van der Waals surface area contributed by atoms with Crippen molar-refractivity contribution >= 4 is 24.0 Å². The first-order valence-electron chi connectivity index (χ1n) is 7.59. The predicted octanol–water partition coefficient (Wildman–Crippen LogP) is -0.185. The fourth-order valence-electron chi connectivity index (χ4n) is 1.73. The van der Waals surface area contributed by atoms with E-state index in [0.717, 1.165) is 12.8 Å². The third-order valence-electron chi connectivity index (χ3n) is 2.94. The summed E-state index contributed by atoms with van der Waals surface area (Å²) in [4.78, 5) is 33.9. The average Bonchev–Trinajstić information content (AvgIpc) is 2.56. The number of unbranched alkanes of at least 4 members (excludes halogenated alkanes) is 1. The minimum atomic E-state index is -1.34. The monoisotopic (exact) mass is 334 g/mol. The Labute approximate surface area is 139 Å². The third-order valence-corrected chi connectivity index (χ3v) is 2.94. The van der Waals surface area contributed by atoms with Crippen molar-refractivity contribution in [3.8, 4) is 5.75 Å². The molecule has 2 N–H and O–H groups in total. The lowest BCUT2D eigenvalue weighted by Crippen LogP contribution is -2.38. The van der Waals surface area contributed by atoms with Crippen molar-refractivity contribution in [2.24, 2.45) is 5.10 Å². The van der Waals surface area contributed by atoms with Gasteiger partial charge in [-0.05, 0) is 37.1 Å². The highest BCUT2D eigenvalue weighted by Crippen LogP contribution is 2.18. The number of aromatic carboxylic acids is 1. The van der Waals surface area contributed by atoms with Crippen LogP contribution in [-0.2, 0) is 9.59 Å². The van der Waals surface area contributed by atoms with E-state index >= 15 is 0 Å². The van der Waals surface area contributed by atoms with Crippen molar-refractivity contribution in [1.29, 1.82) is 0 Å². The van der Waals surface area contributed by atoms with Crippen LogP contribution in [0.1, 0.15) is 42.6 Å². The zero-order chi connectivity index (χ0) is 17.9. The molecule has 2 amide bonds. The number of amides is 2. The first kappa shape index (κ1) is 19.1. The maximum atomic E-state index is 11.5. The highest BCUT2D eigenvalue weighted by Gasteiger charge is 2.11. The molecule has 0 atom stereocenters. The Kier molecular flexibility index (Phi) is 7.97. The largest absolute Gasteiger partial charge is 0.545 e. The quantitative estimate of drug-likeness (QED) is 0.296.